The lowest BCUT2D eigenvalue weighted by Gasteiger charge is -2.09. The van der Waals surface area contributed by atoms with Crippen LogP contribution < -0.4 is 4.74 Å². The molecule has 3 rings (SSSR count). The smallest absolute Gasteiger partial charge is 0.335 e. The first kappa shape index (κ1) is 13.2. The van der Waals surface area contributed by atoms with E-state index in [0.717, 1.165) is 16.5 Å². The molecular weight excluding hydrogens is 268 g/mol. The summed E-state index contributed by atoms with van der Waals surface area (Å²) < 4.78 is 7.10. The Balaban J connectivity index is 1.95. The van der Waals surface area contributed by atoms with Gasteiger partial charge in [-0.05, 0) is 18.2 Å². The molecule has 0 aliphatic rings. The summed E-state index contributed by atoms with van der Waals surface area (Å²) in [7, 11) is 1.53. The van der Waals surface area contributed by atoms with Gasteiger partial charge in [0.2, 0.25) is 0 Å². The van der Waals surface area contributed by atoms with Gasteiger partial charge in [-0.25, -0.2) is 4.79 Å². The standard InChI is InChI=1S/C16H14N2O3/c1-21-15-8-11(16(19)20)6-7-13(15)10-18-9-12-4-2-3-5-14(12)17-18/h2-9H,10H2,1H3,(H,19,20). The molecule has 1 N–H and O–H groups in total. The fourth-order valence-corrected chi connectivity index (χ4v) is 2.28. The van der Waals surface area contributed by atoms with Crippen molar-refractivity contribution in [1.82, 2.24) is 9.78 Å². The molecule has 0 unspecified atom stereocenters. The summed E-state index contributed by atoms with van der Waals surface area (Å²) in [5.41, 5.74) is 2.02. The maximum atomic E-state index is 11.0. The maximum absolute atomic E-state index is 11.0. The van der Waals surface area contributed by atoms with Gasteiger partial charge in [-0.1, -0.05) is 24.3 Å². The molecule has 0 aliphatic heterocycles. The average Bonchev–Trinajstić information content (AvgIpc) is 2.89. The van der Waals surface area contributed by atoms with Crippen LogP contribution in [0.3, 0.4) is 0 Å². The van der Waals surface area contributed by atoms with Crippen LogP contribution in [0.5, 0.6) is 5.75 Å². The van der Waals surface area contributed by atoms with E-state index in [2.05, 4.69) is 5.10 Å². The lowest BCUT2D eigenvalue weighted by molar-refractivity contribution is 0.0696. The molecule has 1 aromatic heterocycles. The summed E-state index contributed by atoms with van der Waals surface area (Å²) in [6.45, 7) is 0.526. The number of hydrogen-bond donors (Lipinski definition) is 1. The molecule has 3 aromatic rings. The van der Waals surface area contributed by atoms with Crippen molar-refractivity contribution in [3.05, 3.63) is 59.8 Å². The number of carbonyl (C=O) groups is 1. The molecule has 0 saturated carbocycles. The van der Waals surface area contributed by atoms with Crippen molar-refractivity contribution >= 4 is 16.9 Å². The molecule has 0 radical (unpaired) electrons. The minimum Gasteiger partial charge on any atom is -0.496 e. The van der Waals surface area contributed by atoms with Gasteiger partial charge in [0.15, 0.2) is 0 Å². The van der Waals surface area contributed by atoms with E-state index in [4.69, 9.17) is 9.84 Å². The highest BCUT2D eigenvalue weighted by Crippen LogP contribution is 2.22. The van der Waals surface area contributed by atoms with E-state index in [1.54, 1.807) is 12.1 Å². The van der Waals surface area contributed by atoms with Crippen molar-refractivity contribution in [3.63, 3.8) is 0 Å². The summed E-state index contributed by atoms with van der Waals surface area (Å²) >= 11 is 0. The Morgan fingerprint density at radius 1 is 1.29 bits per heavy atom. The van der Waals surface area contributed by atoms with Gasteiger partial charge in [0, 0.05) is 17.1 Å². The van der Waals surface area contributed by atoms with Crippen LogP contribution in [0.2, 0.25) is 0 Å². The van der Waals surface area contributed by atoms with Crippen LogP contribution in [0.1, 0.15) is 15.9 Å². The van der Waals surface area contributed by atoms with Gasteiger partial charge in [-0.15, -0.1) is 0 Å². The summed E-state index contributed by atoms with van der Waals surface area (Å²) in [6.07, 6.45) is 1.96. The zero-order chi connectivity index (χ0) is 14.8. The van der Waals surface area contributed by atoms with Crippen LogP contribution in [0.15, 0.2) is 48.7 Å². The van der Waals surface area contributed by atoms with E-state index in [9.17, 15) is 4.79 Å². The quantitative estimate of drug-likeness (QED) is 0.799. The van der Waals surface area contributed by atoms with E-state index in [1.165, 1.54) is 13.2 Å². The number of aromatic carboxylic acids is 1. The number of methoxy groups -OCH3 is 1. The topological polar surface area (TPSA) is 64.3 Å². The van der Waals surface area contributed by atoms with Crippen LogP contribution in [-0.2, 0) is 6.54 Å². The lowest BCUT2D eigenvalue weighted by Crippen LogP contribution is -2.04. The van der Waals surface area contributed by atoms with E-state index in [1.807, 2.05) is 35.1 Å². The Morgan fingerprint density at radius 3 is 2.81 bits per heavy atom. The highest BCUT2D eigenvalue weighted by Gasteiger charge is 2.10. The van der Waals surface area contributed by atoms with Crippen molar-refractivity contribution in [3.8, 4) is 5.75 Å². The minimum atomic E-state index is -0.968. The molecule has 5 nitrogen and oxygen atoms in total. The molecule has 0 bridgehead atoms. The first-order valence-corrected chi connectivity index (χ1v) is 6.50. The molecule has 0 aliphatic carbocycles. The van der Waals surface area contributed by atoms with Crippen LogP contribution in [0, 0.1) is 0 Å². The molecule has 0 saturated heterocycles. The number of carboxylic acids is 1. The Hall–Kier alpha value is -2.82. The highest BCUT2D eigenvalue weighted by atomic mass is 16.5. The Morgan fingerprint density at radius 2 is 2.10 bits per heavy atom. The van der Waals surface area contributed by atoms with Gasteiger partial charge < -0.3 is 9.84 Å². The predicted octanol–water partition coefficient (Wildman–Crippen LogP) is 2.79. The molecule has 1 heterocycles. The largest absolute Gasteiger partial charge is 0.496 e. The molecule has 0 atom stereocenters. The van der Waals surface area contributed by atoms with Crippen LogP contribution in [-0.4, -0.2) is 28.0 Å². The Labute approximate surface area is 121 Å². The van der Waals surface area contributed by atoms with Crippen molar-refractivity contribution < 1.29 is 14.6 Å². The summed E-state index contributed by atoms with van der Waals surface area (Å²) in [5.74, 6) is -0.417. The van der Waals surface area contributed by atoms with Crippen molar-refractivity contribution in [2.75, 3.05) is 7.11 Å². The van der Waals surface area contributed by atoms with Crippen LogP contribution in [0.25, 0.3) is 10.9 Å². The lowest BCUT2D eigenvalue weighted by atomic mass is 10.1. The molecule has 0 amide bonds. The number of ether oxygens (including phenoxy) is 1. The van der Waals surface area contributed by atoms with Gasteiger partial charge in [0.05, 0.1) is 24.7 Å². The number of hydrogen-bond acceptors (Lipinski definition) is 3. The first-order valence-electron chi connectivity index (χ1n) is 6.50. The monoisotopic (exact) mass is 282 g/mol. The molecule has 106 valence electrons. The molecule has 2 aromatic carbocycles. The Bertz CT molecular complexity index is 775. The second-order valence-electron chi connectivity index (χ2n) is 4.72. The summed E-state index contributed by atoms with van der Waals surface area (Å²) in [5, 5.41) is 14.6. The van der Waals surface area contributed by atoms with Gasteiger partial charge in [0.1, 0.15) is 5.75 Å². The van der Waals surface area contributed by atoms with Crippen molar-refractivity contribution in [2.45, 2.75) is 6.54 Å². The SMILES string of the molecule is COc1cc(C(=O)O)ccc1Cn1cc2ccccc2n1. The van der Waals surface area contributed by atoms with Gasteiger partial charge in [0.25, 0.3) is 0 Å². The van der Waals surface area contributed by atoms with E-state index in [0.29, 0.717) is 12.3 Å². The molecule has 21 heavy (non-hydrogen) atoms. The van der Waals surface area contributed by atoms with Crippen LogP contribution in [0.4, 0.5) is 0 Å². The first-order chi connectivity index (χ1) is 10.2. The fraction of sp³-hybridized carbons (Fsp3) is 0.125. The van der Waals surface area contributed by atoms with Crippen LogP contribution >= 0.6 is 0 Å². The average molecular weight is 282 g/mol. The molecule has 0 fully saturated rings. The second kappa shape index (κ2) is 5.28. The third kappa shape index (κ3) is 2.58. The van der Waals surface area contributed by atoms with E-state index >= 15 is 0 Å². The third-order valence-corrected chi connectivity index (χ3v) is 3.33. The zero-order valence-corrected chi connectivity index (χ0v) is 11.5. The molecule has 0 spiro atoms. The molecule has 5 heteroatoms. The second-order valence-corrected chi connectivity index (χ2v) is 4.72. The van der Waals surface area contributed by atoms with E-state index < -0.39 is 5.97 Å². The van der Waals surface area contributed by atoms with Gasteiger partial charge in [-0.2, -0.15) is 5.10 Å². The minimum absolute atomic E-state index is 0.209. The number of aromatic nitrogens is 2. The number of rotatable bonds is 4. The van der Waals surface area contributed by atoms with E-state index in [-0.39, 0.29) is 5.56 Å². The molecular formula is C16H14N2O3. The zero-order valence-electron chi connectivity index (χ0n) is 11.5. The van der Waals surface area contributed by atoms with Crippen molar-refractivity contribution in [1.29, 1.82) is 0 Å². The normalized spacial score (nSPS) is 10.7. The number of benzene rings is 2. The number of fused-ring (bicyclic) bond motifs is 1. The maximum Gasteiger partial charge on any atom is 0.335 e. The number of nitrogens with zero attached hydrogens (tertiary/aromatic N) is 2. The number of carboxylic acid groups (broad SMARTS) is 1. The Kier molecular flexibility index (Phi) is 3.31. The van der Waals surface area contributed by atoms with Crippen molar-refractivity contribution in [2.24, 2.45) is 0 Å². The van der Waals surface area contributed by atoms with Gasteiger partial charge >= 0.3 is 5.97 Å². The predicted molar refractivity (Wildman–Crippen MR) is 78.8 cm³/mol. The van der Waals surface area contributed by atoms with Gasteiger partial charge in [-0.3, -0.25) is 4.68 Å². The third-order valence-electron chi connectivity index (χ3n) is 3.33. The highest BCUT2D eigenvalue weighted by molar-refractivity contribution is 5.88. The summed E-state index contributed by atoms with van der Waals surface area (Å²) in [6, 6.07) is 12.7. The summed E-state index contributed by atoms with van der Waals surface area (Å²) in [4.78, 5) is 11.0. The fourth-order valence-electron chi connectivity index (χ4n) is 2.28.